The molecule has 6 nitrogen and oxygen atoms in total. The molecule has 1 aromatic carbocycles. The van der Waals surface area contributed by atoms with Crippen LogP contribution in [0.5, 0.6) is 0 Å². The number of benzene rings is 1. The highest BCUT2D eigenvalue weighted by molar-refractivity contribution is 9.10. The first-order valence-corrected chi connectivity index (χ1v) is 9.13. The molecule has 0 bridgehead atoms. The molecule has 0 spiro atoms. The van der Waals surface area contributed by atoms with E-state index in [0.717, 1.165) is 20.7 Å². The van der Waals surface area contributed by atoms with Crippen molar-refractivity contribution in [3.63, 3.8) is 0 Å². The Balaban J connectivity index is 1.78. The van der Waals surface area contributed by atoms with Gasteiger partial charge in [0.25, 0.3) is 0 Å². The third-order valence-corrected chi connectivity index (χ3v) is 4.39. The monoisotopic (exact) mass is 411 g/mol. The second-order valence-electron chi connectivity index (χ2n) is 4.83. The Kier molecular flexibility index (Phi) is 7.20. The van der Waals surface area contributed by atoms with Gasteiger partial charge in [0, 0.05) is 28.5 Å². The predicted molar refractivity (Wildman–Crippen MR) is 97.0 cm³/mol. The molecule has 0 saturated carbocycles. The lowest BCUT2D eigenvalue weighted by molar-refractivity contribution is -0.120. The number of thiazole rings is 1. The highest BCUT2D eigenvalue weighted by atomic mass is 79.9. The van der Waals surface area contributed by atoms with Crippen LogP contribution in [0.4, 0.5) is 4.79 Å². The molecule has 2 amide bonds. The van der Waals surface area contributed by atoms with E-state index in [-0.39, 0.29) is 12.3 Å². The van der Waals surface area contributed by atoms with Gasteiger partial charge in [0.05, 0.1) is 18.7 Å². The van der Waals surface area contributed by atoms with Crippen molar-refractivity contribution in [1.82, 2.24) is 15.6 Å². The molecule has 0 atom stereocenters. The number of carbonyl (C=O) groups is 2. The van der Waals surface area contributed by atoms with E-state index in [1.54, 1.807) is 6.92 Å². The first kappa shape index (κ1) is 18.4. The molecule has 0 saturated heterocycles. The molecule has 24 heavy (non-hydrogen) atoms. The number of nitrogens with one attached hydrogen (secondary N) is 2. The van der Waals surface area contributed by atoms with Crippen LogP contribution in [-0.4, -0.2) is 36.7 Å². The van der Waals surface area contributed by atoms with Crippen molar-refractivity contribution in [2.75, 3.05) is 19.7 Å². The fourth-order valence-corrected chi connectivity index (χ4v) is 3.13. The minimum absolute atomic E-state index is 0.133. The minimum atomic E-state index is -0.482. The second-order valence-corrected chi connectivity index (χ2v) is 6.60. The van der Waals surface area contributed by atoms with Crippen LogP contribution in [0, 0.1) is 0 Å². The summed E-state index contributed by atoms with van der Waals surface area (Å²) in [6, 6.07) is 7.87. The number of halogens is 1. The molecule has 0 radical (unpaired) electrons. The Morgan fingerprint density at radius 1 is 1.29 bits per heavy atom. The van der Waals surface area contributed by atoms with Crippen molar-refractivity contribution >= 4 is 39.3 Å². The molecule has 0 aliphatic heterocycles. The van der Waals surface area contributed by atoms with Gasteiger partial charge in [-0.25, -0.2) is 9.78 Å². The van der Waals surface area contributed by atoms with Crippen LogP contribution >= 0.6 is 27.3 Å². The molecular formula is C16H18BrN3O3S. The van der Waals surface area contributed by atoms with Crippen molar-refractivity contribution in [2.24, 2.45) is 0 Å². The lowest BCUT2D eigenvalue weighted by Gasteiger charge is -2.06. The maximum absolute atomic E-state index is 11.9. The molecule has 2 N–H and O–H groups in total. The number of amides is 2. The third kappa shape index (κ3) is 5.93. The SMILES string of the molecule is CCOC(=O)NCCNC(=O)Cc1csc(-c2cccc(Br)c2)n1. The fraction of sp³-hybridized carbons (Fsp3) is 0.312. The average molecular weight is 412 g/mol. The minimum Gasteiger partial charge on any atom is -0.450 e. The standard InChI is InChI=1S/C16H18BrN3O3S/c1-2-23-16(22)19-7-6-18-14(21)9-13-10-24-15(20-13)11-4-3-5-12(17)8-11/h3-5,8,10H,2,6-7,9H2,1H3,(H,18,21)(H,19,22). The van der Waals surface area contributed by atoms with E-state index in [2.05, 4.69) is 31.5 Å². The molecule has 128 valence electrons. The summed E-state index contributed by atoms with van der Waals surface area (Å²) in [7, 11) is 0. The number of hydrogen-bond acceptors (Lipinski definition) is 5. The smallest absolute Gasteiger partial charge is 0.407 e. The molecule has 0 unspecified atom stereocenters. The summed E-state index contributed by atoms with van der Waals surface area (Å²) >= 11 is 4.94. The summed E-state index contributed by atoms with van der Waals surface area (Å²) in [4.78, 5) is 27.5. The maximum atomic E-state index is 11.9. The summed E-state index contributed by atoms with van der Waals surface area (Å²) in [6.45, 7) is 2.73. The molecule has 0 fully saturated rings. The van der Waals surface area contributed by atoms with Gasteiger partial charge < -0.3 is 15.4 Å². The van der Waals surface area contributed by atoms with Crippen LogP contribution in [0.2, 0.25) is 0 Å². The van der Waals surface area contributed by atoms with Gasteiger partial charge in [-0.2, -0.15) is 0 Å². The van der Waals surface area contributed by atoms with Crippen LogP contribution in [0.15, 0.2) is 34.1 Å². The van der Waals surface area contributed by atoms with Gasteiger partial charge in [0.15, 0.2) is 0 Å². The molecule has 0 aliphatic carbocycles. The molecule has 0 aliphatic rings. The Morgan fingerprint density at radius 2 is 2.08 bits per heavy atom. The summed E-state index contributed by atoms with van der Waals surface area (Å²) in [5.41, 5.74) is 1.74. The zero-order valence-electron chi connectivity index (χ0n) is 13.2. The van der Waals surface area contributed by atoms with E-state index in [0.29, 0.717) is 19.7 Å². The van der Waals surface area contributed by atoms with E-state index in [1.807, 2.05) is 29.6 Å². The van der Waals surface area contributed by atoms with Crippen molar-refractivity contribution < 1.29 is 14.3 Å². The Labute approximate surface area is 152 Å². The van der Waals surface area contributed by atoms with Crippen LogP contribution in [-0.2, 0) is 16.0 Å². The summed E-state index contributed by atoms with van der Waals surface area (Å²) in [6.07, 6.45) is -0.269. The first-order valence-electron chi connectivity index (χ1n) is 7.46. The summed E-state index contributed by atoms with van der Waals surface area (Å²) in [5, 5.41) is 8.03. The molecule has 1 aromatic heterocycles. The first-order chi connectivity index (χ1) is 11.6. The second kappa shape index (κ2) is 9.39. The van der Waals surface area contributed by atoms with Gasteiger partial charge >= 0.3 is 6.09 Å². The molecule has 2 aromatic rings. The Hall–Kier alpha value is -1.93. The van der Waals surface area contributed by atoms with Gasteiger partial charge in [-0.1, -0.05) is 28.1 Å². The Bertz CT molecular complexity index is 705. The average Bonchev–Trinajstić information content (AvgIpc) is 3.00. The number of aromatic nitrogens is 1. The normalized spacial score (nSPS) is 10.2. The molecule has 1 heterocycles. The van der Waals surface area contributed by atoms with Gasteiger partial charge in [0.2, 0.25) is 5.91 Å². The molecule has 2 rings (SSSR count). The number of ether oxygens (including phenoxy) is 1. The van der Waals surface area contributed by atoms with Gasteiger partial charge in [-0.05, 0) is 19.1 Å². The number of alkyl carbamates (subject to hydrolysis) is 1. The lowest BCUT2D eigenvalue weighted by Crippen LogP contribution is -2.35. The largest absolute Gasteiger partial charge is 0.450 e. The van der Waals surface area contributed by atoms with Crippen molar-refractivity contribution in [1.29, 1.82) is 0 Å². The number of carbonyl (C=O) groups excluding carboxylic acids is 2. The van der Waals surface area contributed by atoms with Crippen LogP contribution in [0.1, 0.15) is 12.6 Å². The van der Waals surface area contributed by atoms with E-state index in [1.165, 1.54) is 11.3 Å². The maximum Gasteiger partial charge on any atom is 0.407 e. The quantitative estimate of drug-likeness (QED) is 0.686. The zero-order valence-corrected chi connectivity index (χ0v) is 15.6. The number of rotatable bonds is 7. The van der Waals surface area contributed by atoms with Crippen molar-refractivity contribution in [3.8, 4) is 10.6 Å². The van der Waals surface area contributed by atoms with Crippen LogP contribution in [0.25, 0.3) is 10.6 Å². The Morgan fingerprint density at radius 3 is 2.83 bits per heavy atom. The van der Waals surface area contributed by atoms with E-state index in [4.69, 9.17) is 4.74 Å². The number of nitrogens with zero attached hydrogens (tertiary/aromatic N) is 1. The van der Waals surface area contributed by atoms with E-state index in [9.17, 15) is 9.59 Å². The zero-order chi connectivity index (χ0) is 17.4. The third-order valence-electron chi connectivity index (χ3n) is 2.96. The van der Waals surface area contributed by atoms with E-state index >= 15 is 0 Å². The van der Waals surface area contributed by atoms with Gasteiger partial charge in [0.1, 0.15) is 5.01 Å². The highest BCUT2D eigenvalue weighted by Gasteiger charge is 2.09. The molecular weight excluding hydrogens is 394 g/mol. The van der Waals surface area contributed by atoms with Crippen LogP contribution in [0.3, 0.4) is 0 Å². The lowest BCUT2D eigenvalue weighted by atomic mass is 10.2. The summed E-state index contributed by atoms with van der Waals surface area (Å²) in [5.74, 6) is -0.133. The predicted octanol–water partition coefficient (Wildman–Crippen LogP) is 2.98. The van der Waals surface area contributed by atoms with Gasteiger partial charge in [-0.3, -0.25) is 4.79 Å². The number of hydrogen-bond donors (Lipinski definition) is 2. The van der Waals surface area contributed by atoms with Crippen molar-refractivity contribution in [2.45, 2.75) is 13.3 Å². The van der Waals surface area contributed by atoms with Gasteiger partial charge in [-0.15, -0.1) is 11.3 Å². The van der Waals surface area contributed by atoms with E-state index < -0.39 is 6.09 Å². The highest BCUT2D eigenvalue weighted by Crippen LogP contribution is 2.26. The summed E-state index contributed by atoms with van der Waals surface area (Å²) < 4.78 is 5.71. The van der Waals surface area contributed by atoms with Crippen molar-refractivity contribution in [3.05, 3.63) is 39.8 Å². The topological polar surface area (TPSA) is 80.3 Å². The molecule has 8 heteroatoms. The van der Waals surface area contributed by atoms with Crippen LogP contribution < -0.4 is 10.6 Å². The fourth-order valence-electron chi connectivity index (χ4n) is 1.92.